The maximum Gasteiger partial charge on any atom is 0.272 e. The Hall–Kier alpha value is -1.34. The van der Waals surface area contributed by atoms with Crippen LogP contribution in [0.4, 0.5) is 5.82 Å². The van der Waals surface area contributed by atoms with Crippen LogP contribution in [-0.4, -0.2) is 18.2 Å². The summed E-state index contributed by atoms with van der Waals surface area (Å²) in [6, 6.07) is 4.85. The van der Waals surface area contributed by atoms with E-state index in [0.29, 0.717) is 5.82 Å². The van der Waals surface area contributed by atoms with Crippen molar-refractivity contribution in [1.82, 2.24) is 9.78 Å². The molecular formula is C8H9N3O2S2. The fourth-order valence-electron chi connectivity index (χ4n) is 1.07. The molecule has 0 saturated carbocycles. The van der Waals surface area contributed by atoms with Crippen LogP contribution in [0.2, 0.25) is 0 Å². The standard InChI is InChI=1S/C8H9N3O2S2/c1-11-5-4-7(9-11)10-15(12,13)8-3-2-6-14-8/h2-6H,1H3,(H,9,10). The van der Waals surface area contributed by atoms with Crippen molar-refractivity contribution in [2.45, 2.75) is 4.21 Å². The Morgan fingerprint density at radius 1 is 1.47 bits per heavy atom. The average Bonchev–Trinajstić information content (AvgIpc) is 2.75. The van der Waals surface area contributed by atoms with Crippen LogP contribution in [0.25, 0.3) is 0 Å². The molecule has 0 aliphatic heterocycles. The minimum absolute atomic E-state index is 0.285. The molecule has 0 unspecified atom stereocenters. The van der Waals surface area contributed by atoms with Gasteiger partial charge < -0.3 is 0 Å². The van der Waals surface area contributed by atoms with Crippen molar-refractivity contribution in [3.63, 3.8) is 0 Å². The van der Waals surface area contributed by atoms with Crippen molar-refractivity contribution in [3.8, 4) is 0 Å². The highest BCUT2D eigenvalue weighted by atomic mass is 32.2. The van der Waals surface area contributed by atoms with Gasteiger partial charge in [-0.15, -0.1) is 11.3 Å². The molecule has 5 nitrogen and oxygen atoms in total. The third-order valence-corrected chi connectivity index (χ3v) is 4.46. The molecule has 0 aliphatic carbocycles. The summed E-state index contributed by atoms with van der Waals surface area (Å²) in [5.41, 5.74) is 0. The van der Waals surface area contributed by atoms with Crippen molar-refractivity contribution in [1.29, 1.82) is 0 Å². The molecule has 7 heteroatoms. The maximum absolute atomic E-state index is 11.7. The molecule has 2 rings (SSSR count). The summed E-state index contributed by atoms with van der Waals surface area (Å²) in [5, 5.41) is 5.65. The quantitative estimate of drug-likeness (QED) is 0.883. The number of anilines is 1. The minimum Gasteiger partial charge on any atom is -0.274 e. The number of hydrogen-bond acceptors (Lipinski definition) is 4. The lowest BCUT2D eigenvalue weighted by Crippen LogP contribution is -2.12. The van der Waals surface area contributed by atoms with Gasteiger partial charge in [-0.25, -0.2) is 8.42 Å². The highest BCUT2D eigenvalue weighted by Crippen LogP contribution is 2.18. The number of nitrogens with zero attached hydrogens (tertiary/aromatic N) is 2. The minimum atomic E-state index is -3.46. The Kier molecular flexibility index (Phi) is 2.49. The Morgan fingerprint density at radius 2 is 2.27 bits per heavy atom. The van der Waals surface area contributed by atoms with Gasteiger partial charge >= 0.3 is 0 Å². The predicted octanol–water partition coefficient (Wildman–Crippen LogP) is 1.28. The second-order valence-corrected chi connectivity index (χ2v) is 5.77. The van der Waals surface area contributed by atoms with Crippen LogP contribution in [0.1, 0.15) is 0 Å². The summed E-state index contributed by atoms with van der Waals surface area (Å²) in [4.78, 5) is 0. The third kappa shape index (κ3) is 2.18. The highest BCUT2D eigenvalue weighted by Gasteiger charge is 2.15. The normalized spacial score (nSPS) is 11.5. The van der Waals surface area contributed by atoms with E-state index in [1.165, 1.54) is 16.0 Å². The molecule has 1 N–H and O–H groups in total. The van der Waals surface area contributed by atoms with Crippen molar-refractivity contribution in [3.05, 3.63) is 29.8 Å². The topological polar surface area (TPSA) is 64.0 Å². The van der Waals surface area contributed by atoms with Gasteiger partial charge in [0.05, 0.1) is 0 Å². The third-order valence-electron chi connectivity index (χ3n) is 1.71. The Balaban J connectivity index is 2.26. The lowest BCUT2D eigenvalue weighted by atomic mass is 10.7. The van der Waals surface area contributed by atoms with Crippen LogP contribution in [0.5, 0.6) is 0 Å². The predicted molar refractivity (Wildman–Crippen MR) is 58.3 cm³/mol. The van der Waals surface area contributed by atoms with Gasteiger partial charge in [-0.05, 0) is 11.4 Å². The number of thiophene rings is 1. The van der Waals surface area contributed by atoms with Crippen molar-refractivity contribution >= 4 is 27.2 Å². The molecule has 0 amide bonds. The number of rotatable bonds is 3. The molecule has 0 atom stereocenters. The molecule has 2 aromatic rings. The second-order valence-electron chi connectivity index (χ2n) is 2.91. The molecule has 0 fully saturated rings. The van der Waals surface area contributed by atoms with E-state index < -0.39 is 10.0 Å². The number of sulfonamides is 1. The van der Waals surface area contributed by atoms with Crippen LogP contribution in [-0.2, 0) is 17.1 Å². The van der Waals surface area contributed by atoms with Gasteiger partial charge in [0, 0.05) is 19.3 Å². The molecule has 0 bridgehead atoms. The van der Waals surface area contributed by atoms with E-state index in [1.54, 1.807) is 36.8 Å². The molecule has 2 heterocycles. The zero-order valence-corrected chi connectivity index (χ0v) is 9.55. The van der Waals surface area contributed by atoms with E-state index in [4.69, 9.17) is 0 Å². The van der Waals surface area contributed by atoms with Crippen LogP contribution in [0, 0.1) is 0 Å². The van der Waals surface area contributed by atoms with Gasteiger partial charge in [0.2, 0.25) is 0 Å². The average molecular weight is 243 g/mol. The smallest absolute Gasteiger partial charge is 0.272 e. The second kappa shape index (κ2) is 3.67. The lowest BCUT2D eigenvalue weighted by molar-refractivity contribution is 0.603. The van der Waals surface area contributed by atoms with Crippen LogP contribution >= 0.6 is 11.3 Å². The molecule has 2 aromatic heterocycles. The van der Waals surface area contributed by atoms with E-state index in [0.717, 1.165) is 0 Å². The van der Waals surface area contributed by atoms with Crippen LogP contribution in [0.3, 0.4) is 0 Å². The van der Waals surface area contributed by atoms with Gasteiger partial charge in [0.15, 0.2) is 5.82 Å². The van der Waals surface area contributed by atoms with Gasteiger partial charge in [-0.2, -0.15) is 5.10 Å². The molecular weight excluding hydrogens is 234 g/mol. The Morgan fingerprint density at radius 3 is 2.80 bits per heavy atom. The van der Waals surface area contributed by atoms with Gasteiger partial charge in [-0.3, -0.25) is 9.40 Å². The zero-order valence-electron chi connectivity index (χ0n) is 7.91. The van der Waals surface area contributed by atoms with E-state index in [-0.39, 0.29) is 4.21 Å². The summed E-state index contributed by atoms with van der Waals surface area (Å²) < 4.78 is 27.7. The monoisotopic (exact) mass is 243 g/mol. The molecule has 0 aromatic carbocycles. The molecule has 80 valence electrons. The first-order chi connectivity index (χ1) is 7.08. The van der Waals surface area contributed by atoms with Crippen molar-refractivity contribution in [2.75, 3.05) is 4.72 Å². The SMILES string of the molecule is Cn1ccc(NS(=O)(=O)c2cccs2)n1. The van der Waals surface area contributed by atoms with Gasteiger partial charge in [0.25, 0.3) is 10.0 Å². The van der Waals surface area contributed by atoms with Crippen molar-refractivity contribution in [2.24, 2.45) is 7.05 Å². The highest BCUT2D eigenvalue weighted by molar-refractivity contribution is 7.94. The number of hydrogen-bond donors (Lipinski definition) is 1. The van der Waals surface area contributed by atoms with Gasteiger partial charge in [-0.1, -0.05) is 6.07 Å². The fraction of sp³-hybridized carbons (Fsp3) is 0.125. The largest absolute Gasteiger partial charge is 0.274 e. The molecule has 0 spiro atoms. The van der Waals surface area contributed by atoms with E-state index >= 15 is 0 Å². The Bertz CT molecular complexity index is 542. The van der Waals surface area contributed by atoms with E-state index in [9.17, 15) is 8.42 Å². The van der Waals surface area contributed by atoms with E-state index in [1.807, 2.05) is 0 Å². The van der Waals surface area contributed by atoms with Crippen LogP contribution < -0.4 is 4.72 Å². The zero-order chi connectivity index (χ0) is 10.9. The lowest BCUT2D eigenvalue weighted by Gasteiger charge is -2.01. The first-order valence-corrected chi connectivity index (χ1v) is 6.50. The van der Waals surface area contributed by atoms with E-state index in [2.05, 4.69) is 9.82 Å². The van der Waals surface area contributed by atoms with Crippen molar-refractivity contribution < 1.29 is 8.42 Å². The fourth-order valence-corrected chi connectivity index (χ4v) is 3.06. The Labute approximate surface area is 91.4 Å². The summed E-state index contributed by atoms with van der Waals surface area (Å²) >= 11 is 1.17. The summed E-state index contributed by atoms with van der Waals surface area (Å²) in [7, 11) is -1.74. The molecule has 0 aliphatic rings. The maximum atomic E-state index is 11.7. The number of aryl methyl sites for hydroxylation is 1. The molecule has 15 heavy (non-hydrogen) atoms. The first-order valence-electron chi connectivity index (χ1n) is 4.14. The summed E-state index contributed by atoms with van der Waals surface area (Å²) in [6.07, 6.45) is 1.67. The number of aromatic nitrogens is 2. The first kappa shape index (κ1) is 10.2. The van der Waals surface area contributed by atoms with Gasteiger partial charge in [0.1, 0.15) is 4.21 Å². The summed E-state index contributed by atoms with van der Waals surface area (Å²) in [5.74, 6) is 0.325. The molecule has 0 radical (unpaired) electrons. The summed E-state index contributed by atoms with van der Waals surface area (Å²) in [6.45, 7) is 0. The van der Waals surface area contributed by atoms with Crippen LogP contribution in [0.15, 0.2) is 34.0 Å². The molecule has 0 saturated heterocycles. The number of nitrogens with one attached hydrogen (secondary N) is 1.